The van der Waals surface area contributed by atoms with Gasteiger partial charge in [0.25, 0.3) is 0 Å². The van der Waals surface area contributed by atoms with Crippen LogP contribution in [0, 0.1) is 27.7 Å². The second-order valence-electron chi connectivity index (χ2n) is 8.47. The summed E-state index contributed by atoms with van der Waals surface area (Å²) in [5.74, 6) is 0. The molecule has 29 heavy (non-hydrogen) atoms. The van der Waals surface area contributed by atoms with Crippen molar-refractivity contribution in [2.45, 2.75) is 47.6 Å². The van der Waals surface area contributed by atoms with E-state index in [1.54, 1.807) is 0 Å². The van der Waals surface area contributed by atoms with Gasteiger partial charge < -0.3 is 0 Å². The lowest BCUT2D eigenvalue weighted by Gasteiger charge is -2.13. The average molecular weight is 386 g/mol. The van der Waals surface area contributed by atoms with Gasteiger partial charge >= 0.3 is 0 Å². The minimum Gasteiger partial charge on any atom is -0.164 e. The van der Waals surface area contributed by atoms with Crippen LogP contribution < -0.4 is 9.25 Å². The third-order valence-corrected chi connectivity index (χ3v) is 6.05. The summed E-state index contributed by atoms with van der Waals surface area (Å²) < 4.78 is 6.91. The molecule has 0 unspecified atom stereocenters. The molecule has 3 heteroatoms. The van der Waals surface area contributed by atoms with E-state index in [-0.39, 0.29) is 0 Å². The first-order valence-electron chi connectivity index (χ1n) is 10.4. The molecule has 0 fully saturated rings. The lowest BCUT2D eigenvalue weighted by Crippen LogP contribution is -2.41. The van der Waals surface area contributed by atoms with E-state index in [1.165, 1.54) is 50.1 Å². The van der Waals surface area contributed by atoms with Crippen LogP contribution in [0.3, 0.4) is 0 Å². The van der Waals surface area contributed by atoms with Gasteiger partial charge in [-0.3, -0.25) is 0 Å². The quantitative estimate of drug-likeness (QED) is 0.429. The smallest absolute Gasteiger partial charge is 0.164 e. The molecule has 0 atom stereocenters. The SMILES string of the molecule is Cc1cc(C)c(-[n+]2cc3ccccc3cc2C)c(C)c1-c1ccn(C(C)C)[n+]1C. The van der Waals surface area contributed by atoms with Crippen LogP contribution in [0.1, 0.15) is 42.3 Å². The highest BCUT2D eigenvalue weighted by atomic mass is 15.4. The van der Waals surface area contributed by atoms with Gasteiger partial charge in [0.05, 0.1) is 17.8 Å². The predicted molar refractivity (Wildman–Crippen MR) is 119 cm³/mol. The maximum atomic E-state index is 2.36. The normalized spacial score (nSPS) is 11.6. The summed E-state index contributed by atoms with van der Waals surface area (Å²) in [5, 5.41) is 2.54. The summed E-state index contributed by atoms with van der Waals surface area (Å²) in [6.07, 6.45) is 4.46. The van der Waals surface area contributed by atoms with Gasteiger partial charge in [-0.1, -0.05) is 18.2 Å². The van der Waals surface area contributed by atoms with Crippen molar-refractivity contribution in [1.82, 2.24) is 4.68 Å². The highest BCUT2D eigenvalue weighted by molar-refractivity contribution is 5.81. The number of aryl methyl sites for hydroxylation is 3. The van der Waals surface area contributed by atoms with Gasteiger partial charge in [-0.25, -0.2) is 0 Å². The van der Waals surface area contributed by atoms with Gasteiger partial charge in [0.15, 0.2) is 18.9 Å². The van der Waals surface area contributed by atoms with E-state index in [4.69, 9.17) is 0 Å². The summed E-state index contributed by atoms with van der Waals surface area (Å²) in [4.78, 5) is 0. The number of pyridine rings is 1. The van der Waals surface area contributed by atoms with Crippen molar-refractivity contribution in [2.75, 3.05) is 0 Å². The van der Waals surface area contributed by atoms with E-state index in [2.05, 4.69) is 117 Å². The molecule has 0 aliphatic rings. The third-order valence-electron chi connectivity index (χ3n) is 6.05. The summed E-state index contributed by atoms with van der Waals surface area (Å²) in [6, 6.07) is 15.9. The molecule has 0 aliphatic heterocycles. The number of benzene rings is 2. The first-order valence-corrected chi connectivity index (χ1v) is 10.4. The Kier molecular flexibility index (Phi) is 4.77. The molecule has 2 aromatic heterocycles. The van der Waals surface area contributed by atoms with E-state index in [9.17, 15) is 0 Å². The third kappa shape index (κ3) is 3.15. The van der Waals surface area contributed by atoms with E-state index in [1.807, 2.05) is 0 Å². The van der Waals surface area contributed by atoms with Crippen molar-refractivity contribution in [2.24, 2.45) is 7.05 Å². The molecular formula is C26H31N3+2. The zero-order valence-electron chi connectivity index (χ0n) is 18.6. The van der Waals surface area contributed by atoms with Crippen LogP contribution in [0.15, 0.2) is 54.9 Å². The minimum atomic E-state index is 0.427. The van der Waals surface area contributed by atoms with E-state index < -0.39 is 0 Å². The van der Waals surface area contributed by atoms with Crippen molar-refractivity contribution < 1.29 is 9.25 Å². The Morgan fingerprint density at radius 2 is 1.55 bits per heavy atom. The van der Waals surface area contributed by atoms with Crippen molar-refractivity contribution in [3.8, 4) is 16.9 Å². The van der Waals surface area contributed by atoms with Gasteiger partial charge in [0.1, 0.15) is 0 Å². The van der Waals surface area contributed by atoms with Crippen LogP contribution in [-0.2, 0) is 7.05 Å². The average Bonchev–Trinajstić information content (AvgIpc) is 3.03. The first kappa shape index (κ1) is 19.4. The largest absolute Gasteiger partial charge is 0.239 e. The molecule has 0 aliphatic carbocycles. The summed E-state index contributed by atoms with van der Waals surface area (Å²) in [6.45, 7) is 13.3. The molecule has 4 rings (SSSR count). The van der Waals surface area contributed by atoms with E-state index in [0.29, 0.717) is 6.04 Å². The molecule has 0 saturated carbocycles. The van der Waals surface area contributed by atoms with Crippen molar-refractivity contribution in [3.05, 3.63) is 77.2 Å². The predicted octanol–water partition coefficient (Wildman–Crippen LogP) is 5.22. The lowest BCUT2D eigenvalue weighted by molar-refractivity contribution is -0.745. The Morgan fingerprint density at radius 1 is 0.862 bits per heavy atom. The Bertz CT molecular complexity index is 1230. The highest BCUT2D eigenvalue weighted by Crippen LogP contribution is 2.31. The Morgan fingerprint density at radius 3 is 2.21 bits per heavy atom. The van der Waals surface area contributed by atoms with Crippen molar-refractivity contribution in [3.63, 3.8) is 0 Å². The fourth-order valence-corrected chi connectivity index (χ4v) is 4.72. The topological polar surface area (TPSA) is 12.7 Å². The van der Waals surface area contributed by atoms with Gasteiger partial charge in [0, 0.05) is 35.6 Å². The van der Waals surface area contributed by atoms with E-state index in [0.717, 1.165) is 0 Å². The second kappa shape index (κ2) is 7.14. The maximum absolute atomic E-state index is 2.36. The van der Waals surface area contributed by atoms with Crippen LogP contribution in [0.2, 0.25) is 0 Å². The van der Waals surface area contributed by atoms with Crippen molar-refractivity contribution >= 4 is 10.8 Å². The van der Waals surface area contributed by atoms with Gasteiger partial charge in [-0.05, 0) is 57.7 Å². The van der Waals surface area contributed by atoms with Gasteiger partial charge in [0.2, 0.25) is 11.4 Å². The number of fused-ring (bicyclic) bond motifs is 1. The molecule has 2 heterocycles. The fraction of sp³-hybridized carbons (Fsp3) is 0.308. The van der Waals surface area contributed by atoms with Crippen LogP contribution in [-0.4, -0.2) is 4.68 Å². The molecule has 0 N–H and O–H groups in total. The Labute approximate surface area is 173 Å². The van der Waals surface area contributed by atoms with Crippen LogP contribution in [0.25, 0.3) is 27.7 Å². The van der Waals surface area contributed by atoms with Crippen LogP contribution in [0.4, 0.5) is 0 Å². The fourth-order valence-electron chi connectivity index (χ4n) is 4.72. The van der Waals surface area contributed by atoms with Crippen LogP contribution in [0.5, 0.6) is 0 Å². The molecule has 0 radical (unpaired) electrons. The standard InChI is InChI=1S/C26H31N3/c1-17(2)29-13-12-24(27(29)7)25-18(3)14-19(4)26(21(25)6)28-16-23-11-9-8-10-22(23)15-20(28)5/h8-17H,1-7H3/q+2. The molecule has 0 saturated heterocycles. The molecular weight excluding hydrogens is 354 g/mol. The highest BCUT2D eigenvalue weighted by Gasteiger charge is 2.27. The Hall–Kier alpha value is -2.94. The van der Waals surface area contributed by atoms with Crippen LogP contribution >= 0.6 is 0 Å². The Balaban J connectivity index is 2.00. The molecule has 2 aromatic carbocycles. The lowest BCUT2D eigenvalue weighted by atomic mass is 9.94. The maximum Gasteiger partial charge on any atom is 0.239 e. The van der Waals surface area contributed by atoms with E-state index >= 15 is 0 Å². The van der Waals surface area contributed by atoms with Crippen molar-refractivity contribution in [1.29, 1.82) is 0 Å². The zero-order valence-corrected chi connectivity index (χ0v) is 18.6. The molecule has 4 aromatic rings. The monoisotopic (exact) mass is 385 g/mol. The summed E-state index contributed by atoms with van der Waals surface area (Å²) in [7, 11) is 2.15. The number of nitrogens with zero attached hydrogens (tertiary/aromatic N) is 3. The molecule has 0 bridgehead atoms. The minimum absolute atomic E-state index is 0.427. The number of hydrogen-bond acceptors (Lipinski definition) is 0. The zero-order chi connectivity index (χ0) is 20.9. The molecule has 3 nitrogen and oxygen atoms in total. The summed E-state index contributed by atoms with van der Waals surface area (Å²) in [5.41, 5.74) is 9.06. The molecule has 0 amide bonds. The molecule has 148 valence electrons. The van der Waals surface area contributed by atoms with Gasteiger partial charge in [-0.15, -0.1) is 4.68 Å². The summed E-state index contributed by atoms with van der Waals surface area (Å²) >= 11 is 0. The first-order chi connectivity index (χ1) is 13.8. The number of aromatic nitrogens is 3. The number of hydrogen-bond donors (Lipinski definition) is 0. The second-order valence-corrected chi connectivity index (χ2v) is 8.47. The molecule has 0 spiro atoms. The van der Waals surface area contributed by atoms with Gasteiger partial charge in [-0.2, -0.15) is 9.25 Å². The number of rotatable bonds is 3.